The SMILES string of the molecule is CCO[Si](OCC)(C1CC2CCCCC2C1)N1CC(C)CC(C)C1. The first-order chi connectivity index (χ1) is 11.6. The quantitative estimate of drug-likeness (QED) is 0.631. The summed E-state index contributed by atoms with van der Waals surface area (Å²) in [6, 6.07) is 0. The fraction of sp³-hybridized carbons (Fsp3) is 1.00. The second kappa shape index (κ2) is 8.19. The van der Waals surface area contributed by atoms with Gasteiger partial charge in [-0.05, 0) is 69.9 Å². The van der Waals surface area contributed by atoms with Crippen LogP contribution in [-0.4, -0.2) is 39.6 Å². The average molecular weight is 354 g/mol. The zero-order valence-corrected chi connectivity index (χ0v) is 17.4. The van der Waals surface area contributed by atoms with Gasteiger partial charge in [-0.2, -0.15) is 0 Å². The number of hydrogen-bond donors (Lipinski definition) is 0. The van der Waals surface area contributed by atoms with Crippen LogP contribution in [0.5, 0.6) is 0 Å². The number of nitrogens with zero attached hydrogens (tertiary/aromatic N) is 1. The van der Waals surface area contributed by atoms with Gasteiger partial charge in [0.1, 0.15) is 0 Å². The Bertz CT molecular complexity index is 375. The van der Waals surface area contributed by atoms with E-state index in [-0.39, 0.29) is 0 Å². The molecule has 0 amide bonds. The van der Waals surface area contributed by atoms with Gasteiger partial charge in [0.25, 0.3) is 0 Å². The molecule has 3 rings (SSSR count). The molecule has 1 heterocycles. The Morgan fingerprint density at radius 3 is 1.79 bits per heavy atom. The van der Waals surface area contributed by atoms with Crippen LogP contribution in [0.1, 0.15) is 72.6 Å². The number of piperidine rings is 1. The minimum atomic E-state index is -2.30. The predicted molar refractivity (Wildman–Crippen MR) is 102 cm³/mol. The molecular weight excluding hydrogens is 314 g/mol. The summed E-state index contributed by atoms with van der Waals surface area (Å²) in [6.07, 6.45) is 9.90. The molecule has 0 radical (unpaired) electrons. The highest BCUT2D eigenvalue weighted by atomic mass is 28.4. The highest BCUT2D eigenvalue weighted by Crippen LogP contribution is 2.53. The summed E-state index contributed by atoms with van der Waals surface area (Å²) in [5.74, 6) is 3.45. The third-order valence-electron chi connectivity index (χ3n) is 6.77. The lowest BCUT2D eigenvalue weighted by Gasteiger charge is -2.47. The summed E-state index contributed by atoms with van der Waals surface area (Å²) in [5.41, 5.74) is 0.683. The fourth-order valence-corrected chi connectivity index (χ4v) is 10.7. The molecule has 24 heavy (non-hydrogen) atoms. The monoisotopic (exact) mass is 353 g/mol. The number of fused-ring (bicyclic) bond motifs is 1. The van der Waals surface area contributed by atoms with Gasteiger partial charge in [0, 0.05) is 18.8 Å². The molecule has 2 saturated carbocycles. The van der Waals surface area contributed by atoms with E-state index in [1.54, 1.807) is 0 Å². The maximum Gasteiger partial charge on any atom is 0.431 e. The molecule has 0 bridgehead atoms. The van der Waals surface area contributed by atoms with Crippen molar-refractivity contribution in [2.24, 2.45) is 23.7 Å². The first-order valence-electron chi connectivity index (χ1n) is 10.6. The fourth-order valence-electron chi connectivity index (χ4n) is 6.08. The summed E-state index contributed by atoms with van der Waals surface area (Å²) in [5, 5.41) is 0. The lowest BCUT2D eigenvalue weighted by molar-refractivity contribution is 0.0768. The summed E-state index contributed by atoms with van der Waals surface area (Å²) in [4.78, 5) is 0. The zero-order valence-electron chi connectivity index (χ0n) is 16.4. The molecule has 3 nitrogen and oxygen atoms in total. The van der Waals surface area contributed by atoms with Crippen molar-refractivity contribution in [2.75, 3.05) is 26.3 Å². The maximum absolute atomic E-state index is 6.64. The van der Waals surface area contributed by atoms with Crippen LogP contribution >= 0.6 is 0 Å². The normalized spacial score (nSPS) is 38.2. The van der Waals surface area contributed by atoms with Gasteiger partial charge in [0.2, 0.25) is 0 Å². The summed E-state index contributed by atoms with van der Waals surface area (Å²) in [6.45, 7) is 13.1. The van der Waals surface area contributed by atoms with Crippen molar-refractivity contribution in [1.29, 1.82) is 0 Å². The van der Waals surface area contributed by atoms with E-state index < -0.39 is 8.72 Å². The smallest absolute Gasteiger partial charge is 0.383 e. The van der Waals surface area contributed by atoms with Crippen LogP contribution in [0.25, 0.3) is 0 Å². The molecule has 0 aromatic heterocycles. The first kappa shape index (κ1) is 18.9. The molecule has 1 saturated heterocycles. The molecule has 1 aliphatic heterocycles. The second-order valence-electron chi connectivity index (χ2n) is 8.82. The Morgan fingerprint density at radius 2 is 1.33 bits per heavy atom. The van der Waals surface area contributed by atoms with Crippen LogP contribution in [0.3, 0.4) is 0 Å². The van der Waals surface area contributed by atoms with E-state index in [0.717, 1.165) is 36.9 Å². The van der Waals surface area contributed by atoms with Gasteiger partial charge in [-0.25, -0.2) is 0 Å². The Morgan fingerprint density at radius 1 is 0.833 bits per heavy atom. The molecule has 4 unspecified atom stereocenters. The maximum atomic E-state index is 6.64. The Labute approximate surface area is 150 Å². The van der Waals surface area contributed by atoms with E-state index in [0.29, 0.717) is 5.54 Å². The third kappa shape index (κ3) is 3.77. The van der Waals surface area contributed by atoms with Gasteiger partial charge < -0.3 is 8.85 Å². The minimum absolute atomic E-state index is 0.683. The van der Waals surface area contributed by atoms with Gasteiger partial charge in [-0.1, -0.05) is 39.5 Å². The van der Waals surface area contributed by atoms with E-state index in [9.17, 15) is 0 Å². The molecule has 4 heteroatoms. The van der Waals surface area contributed by atoms with Crippen LogP contribution in [0, 0.1) is 23.7 Å². The topological polar surface area (TPSA) is 21.7 Å². The van der Waals surface area contributed by atoms with Crippen LogP contribution in [0.2, 0.25) is 5.54 Å². The van der Waals surface area contributed by atoms with Crippen LogP contribution in [-0.2, 0) is 8.85 Å². The minimum Gasteiger partial charge on any atom is -0.383 e. The van der Waals surface area contributed by atoms with Gasteiger partial charge in [-0.3, -0.25) is 4.57 Å². The van der Waals surface area contributed by atoms with Crippen molar-refractivity contribution in [2.45, 2.75) is 78.2 Å². The lowest BCUT2D eigenvalue weighted by Crippen LogP contribution is -2.64. The van der Waals surface area contributed by atoms with Gasteiger partial charge in [-0.15, -0.1) is 0 Å². The molecule has 0 spiro atoms. The zero-order chi connectivity index (χ0) is 17.2. The molecule has 140 valence electrons. The van der Waals surface area contributed by atoms with E-state index >= 15 is 0 Å². The molecule has 2 aliphatic carbocycles. The number of hydrogen-bond acceptors (Lipinski definition) is 3. The van der Waals surface area contributed by atoms with Gasteiger partial charge >= 0.3 is 8.72 Å². The van der Waals surface area contributed by atoms with Crippen molar-refractivity contribution in [3.05, 3.63) is 0 Å². The molecule has 4 atom stereocenters. The van der Waals surface area contributed by atoms with E-state index in [2.05, 4.69) is 32.3 Å². The second-order valence-corrected chi connectivity index (χ2v) is 12.1. The van der Waals surface area contributed by atoms with E-state index in [4.69, 9.17) is 8.85 Å². The molecule has 0 aromatic carbocycles. The average Bonchev–Trinajstić information content (AvgIpc) is 2.98. The van der Waals surface area contributed by atoms with Gasteiger partial charge in [0.15, 0.2) is 0 Å². The van der Waals surface area contributed by atoms with Crippen LogP contribution in [0.4, 0.5) is 0 Å². The van der Waals surface area contributed by atoms with Crippen molar-refractivity contribution < 1.29 is 8.85 Å². The standard InChI is InChI=1S/C20H39NO2Si/c1-5-22-24(23-6-2,21-14-16(3)11-17(4)15-21)20-12-18-9-7-8-10-19(18)13-20/h16-20H,5-15H2,1-4H3. The van der Waals surface area contributed by atoms with Crippen LogP contribution in [0.15, 0.2) is 0 Å². The Balaban J connectivity index is 1.84. The van der Waals surface area contributed by atoms with Gasteiger partial charge in [0.05, 0.1) is 0 Å². The predicted octanol–water partition coefficient (Wildman–Crippen LogP) is 4.95. The van der Waals surface area contributed by atoms with Crippen molar-refractivity contribution in [1.82, 2.24) is 4.57 Å². The number of rotatable bonds is 6. The molecule has 3 fully saturated rings. The van der Waals surface area contributed by atoms with Crippen molar-refractivity contribution in [3.8, 4) is 0 Å². The first-order valence-corrected chi connectivity index (χ1v) is 12.5. The Hall–Kier alpha value is 0.0969. The summed E-state index contributed by atoms with van der Waals surface area (Å²) < 4.78 is 16.0. The lowest BCUT2D eigenvalue weighted by atomic mass is 9.82. The highest BCUT2D eigenvalue weighted by Gasteiger charge is 2.57. The Kier molecular flexibility index (Phi) is 6.44. The molecular formula is C20H39NO2Si. The van der Waals surface area contributed by atoms with Crippen molar-refractivity contribution in [3.63, 3.8) is 0 Å². The van der Waals surface area contributed by atoms with E-state index in [1.807, 2.05) is 0 Å². The largest absolute Gasteiger partial charge is 0.431 e. The summed E-state index contributed by atoms with van der Waals surface area (Å²) >= 11 is 0. The third-order valence-corrected chi connectivity index (χ3v) is 10.9. The molecule has 3 aliphatic rings. The molecule has 0 N–H and O–H groups in total. The van der Waals surface area contributed by atoms with E-state index in [1.165, 1.54) is 58.0 Å². The van der Waals surface area contributed by atoms with Crippen molar-refractivity contribution >= 4 is 8.72 Å². The van der Waals surface area contributed by atoms with Crippen LogP contribution < -0.4 is 0 Å². The molecule has 0 aromatic rings. The summed E-state index contributed by atoms with van der Waals surface area (Å²) in [7, 11) is -2.30. The highest BCUT2D eigenvalue weighted by molar-refractivity contribution is 6.66.